The van der Waals surface area contributed by atoms with E-state index in [1.807, 2.05) is 39.9 Å². The fourth-order valence-electron chi connectivity index (χ4n) is 0.589. The van der Waals surface area contributed by atoms with E-state index in [9.17, 15) is 4.79 Å². The summed E-state index contributed by atoms with van der Waals surface area (Å²) in [7, 11) is 5.99. The van der Waals surface area contributed by atoms with Crippen molar-refractivity contribution in [1.29, 1.82) is 0 Å². The zero-order valence-electron chi connectivity index (χ0n) is 9.00. The molecule has 74 valence electrons. The second-order valence-corrected chi connectivity index (χ2v) is 2.73. The van der Waals surface area contributed by atoms with Crippen LogP contribution < -0.4 is 0 Å². The lowest BCUT2D eigenvalue weighted by molar-refractivity contribution is -0.108. The number of aldehydes is 1. The van der Waals surface area contributed by atoms with E-state index in [1.165, 1.54) is 0 Å². The van der Waals surface area contributed by atoms with Gasteiger partial charge in [0.05, 0.1) is 6.54 Å². The predicted molar refractivity (Wildman–Crippen MR) is 53.5 cm³/mol. The van der Waals surface area contributed by atoms with Crippen molar-refractivity contribution >= 4 is 6.29 Å². The van der Waals surface area contributed by atoms with Gasteiger partial charge in [0.1, 0.15) is 6.29 Å². The van der Waals surface area contributed by atoms with Crippen molar-refractivity contribution in [2.24, 2.45) is 0 Å². The Labute approximate surface area is 76.3 Å². The Kier molecular flexibility index (Phi) is 12.5. The zero-order chi connectivity index (χ0) is 9.98. The molecule has 0 atom stereocenters. The minimum atomic E-state index is 0.536. The summed E-state index contributed by atoms with van der Waals surface area (Å²) in [6, 6.07) is 0. The summed E-state index contributed by atoms with van der Waals surface area (Å²) in [5.41, 5.74) is 0. The molecule has 0 aromatic heterocycles. The summed E-state index contributed by atoms with van der Waals surface area (Å²) in [6.07, 6.45) is 0.926. The Balaban J connectivity index is 0. The van der Waals surface area contributed by atoms with Gasteiger partial charge in [-0.05, 0) is 21.1 Å². The second kappa shape index (κ2) is 10.6. The predicted octanol–water partition coefficient (Wildman–Crippen LogP) is 0.705. The minimum absolute atomic E-state index is 0.536. The molecule has 3 nitrogen and oxygen atoms in total. The number of hydrogen-bond acceptors (Lipinski definition) is 3. The van der Waals surface area contributed by atoms with Crippen LogP contribution in [0.4, 0.5) is 0 Å². The Hall–Kier alpha value is -0.410. The number of likely N-dealkylation sites (N-methyl/N-ethyl adjacent to an activating group) is 2. The molecule has 0 aliphatic heterocycles. The zero-order valence-corrected chi connectivity index (χ0v) is 9.00. The largest absolute Gasteiger partial charge is 0.308 e. The van der Waals surface area contributed by atoms with Gasteiger partial charge in [-0.15, -0.1) is 0 Å². The van der Waals surface area contributed by atoms with E-state index < -0.39 is 0 Å². The molecule has 0 aromatic rings. The van der Waals surface area contributed by atoms with E-state index in [-0.39, 0.29) is 0 Å². The molecule has 0 fully saturated rings. The van der Waals surface area contributed by atoms with Gasteiger partial charge in [-0.2, -0.15) is 0 Å². The molecular weight excluding hydrogens is 152 g/mol. The quantitative estimate of drug-likeness (QED) is 0.573. The van der Waals surface area contributed by atoms with E-state index in [2.05, 4.69) is 4.90 Å². The highest BCUT2D eigenvalue weighted by Gasteiger charge is 1.95. The van der Waals surface area contributed by atoms with Gasteiger partial charge in [-0.3, -0.25) is 4.90 Å². The van der Waals surface area contributed by atoms with Gasteiger partial charge in [0.2, 0.25) is 0 Å². The molecule has 0 saturated carbocycles. The Bertz CT molecular complexity index is 94.5. The molecule has 0 unspecified atom stereocenters. The van der Waals surface area contributed by atoms with Crippen LogP contribution in [0.1, 0.15) is 13.8 Å². The lowest BCUT2D eigenvalue weighted by atomic mass is 10.5. The maximum absolute atomic E-state index is 10.0. The van der Waals surface area contributed by atoms with Crippen LogP contribution in [-0.4, -0.2) is 56.9 Å². The summed E-state index contributed by atoms with van der Waals surface area (Å²) >= 11 is 0. The third-order valence-corrected chi connectivity index (χ3v) is 1.32. The highest BCUT2D eigenvalue weighted by atomic mass is 16.1. The van der Waals surface area contributed by atoms with Crippen LogP contribution in [0.2, 0.25) is 0 Å². The van der Waals surface area contributed by atoms with E-state index in [0.29, 0.717) is 6.54 Å². The number of carbonyl (C=O) groups excluding carboxylic acids is 1. The van der Waals surface area contributed by atoms with E-state index >= 15 is 0 Å². The van der Waals surface area contributed by atoms with Crippen molar-refractivity contribution in [2.75, 3.05) is 40.8 Å². The number of rotatable bonds is 5. The summed E-state index contributed by atoms with van der Waals surface area (Å²) < 4.78 is 0. The average Bonchev–Trinajstić information content (AvgIpc) is 2.05. The molecule has 0 aliphatic rings. The summed E-state index contributed by atoms with van der Waals surface area (Å²) in [6.45, 7) is 6.49. The molecule has 0 radical (unpaired) electrons. The molecule has 0 aliphatic carbocycles. The van der Waals surface area contributed by atoms with Crippen LogP contribution in [0.3, 0.4) is 0 Å². The highest BCUT2D eigenvalue weighted by molar-refractivity contribution is 5.51. The maximum atomic E-state index is 10.0. The molecule has 0 heterocycles. The first-order chi connectivity index (χ1) is 5.66. The van der Waals surface area contributed by atoms with Crippen molar-refractivity contribution < 1.29 is 4.79 Å². The van der Waals surface area contributed by atoms with Gasteiger partial charge < -0.3 is 9.69 Å². The van der Waals surface area contributed by atoms with E-state index in [4.69, 9.17) is 0 Å². The molecule has 0 rings (SSSR count). The molecule has 0 spiro atoms. The minimum Gasteiger partial charge on any atom is -0.308 e. The highest BCUT2D eigenvalue weighted by Crippen LogP contribution is 1.80. The van der Waals surface area contributed by atoms with Crippen LogP contribution in [0.25, 0.3) is 0 Å². The molecular formula is C9H22N2O. The first-order valence-electron chi connectivity index (χ1n) is 4.43. The number of nitrogens with zero attached hydrogens (tertiary/aromatic N) is 2. The topological polar surface area (TPSA) is 23.6 Å². The fraction of sp³-hybridized carbons (Fsp3) is 0.889. The van der Waals surface area contributed by atoms with E-state index in [0.717, 1.165) is 19.4 Å². The number of carbonyl (C=O) groups is 1. The third-order valence-electron chi connectivity index (χ3n) is 1.32. The maximum Gasteiger partial charge on any atom is 0.133 e. The SMILES string of the molecule is CC.CN(C)CCN(C)CC=O. The van der Waals surface area contributed by atoms with Crippen LogP contribution in [-0.2, 0) is 4.79 Å². The Morgan fingerprint density at radius 1 is 1.08 bits per heavy atom. The molecule has 0 bridgehead atoms. The summed E-state index contributed by atoms with van der Waals surface area (Å²) in [5, 5.41) is 0. The van der Waals surface area contributed by atoms with Crippen molar-refractivity contribution in [2.45, 2.75) is 13.8 Å². The van der Waals surface area contributed by atoms with Crippen LogP contribution in [0.5, 0.6) is 0 Å². The van der Waals surface area contributed by atoms with Crippen molar-refractivity contribution in [3.8, 4) is 0 Å². The Morgan fingerprint density at radius 3 is 1.92 bits per heavy atom. The molecule has 3 heteroatoms. The van der Waals surface area contributed by atoms with Gasteiger partial charge in [0, 0.05) is 13.1 Å². The standard InChI is InChI=1S/C7H16N2O.C2H6/c1-8(2)4-5-9(3)6-7-10;1-2/h7H,4-6H2,1-3H3;1-2H3. The van der Waals surface area contributed by atoms with Crippen molar-refractivity contribution in [1.82, 2.24) is 9.80 Å². The third kappa shape index (κ3) is 12.3. The number of hydrogen-bond donors (Lipinski definition) is 0. The van der Waals surface area contributed by atoms with Gasteiger partial charge in [-0.1, -0.05) is 13.8 Å². The lowest BCUT2D eigenvalue weighted by Crippen LogP contribution is -2.29. The monoisotopic (exact) mass is 174 g/mol. The summed E-state index contributed by atoms with van der Waals surface area (Å²) in [4.78, 5) is 14.1. The van der Waals surface area contributed by atoms with Crippen LogP contribution in [0.15, 0.2) is 0 Å². The Morgan fingerprint density at radius 2 is 1.58 bits per heavy atom. The summed E-state index contributed by atoms with van der Waals surface area (Å²) in [5.74, 6) is 0. The molecule has 12 heavy (non-hydrogen) atoms. The normalized spacial score (nSPS) is 9.58. The second-order valence-electron chi connectivity index (χ2n) is 2.73. The van der Waals surface area contributed by atoms with Crippen molar-refractivity contribution in [3.05, 3.63) is 0 Å². The lowest BCUT2D eigenvalue weighted by Gasteiger charge is -2.16. The van der Waals surface area contributed by atoms with Crippen molar-refractivity contribution in [3.63, 3.8) is 0 Å². The fourth-order valence-corrected chi connectivity index (χ4v) is 0.589. The molecule has 0 aromatic carbocycles. The van der Waals surface area contributed by atoms with Crippen LogP contribution >= 0.6 is 0 Å². The van der Waals surface area contributed by atoms with Gasteiger partial charge in [-0.25, -0.2) is 0 Å². The van der Waals surface area contributed by atoms with Gasteiger partial charge in [0.15, 0.2) is 0 Å². The van der Waals surface area contributed by atoms with Gasteiger partial charge in [0.25, 0.3) is 0 Å². The molecule has 0 amide bonds. The molecule has 0 N–H and O–H groups in total. The average molecular weight is 174 g/mol. The first-order valence-corrected chi connectivity index (χ1v) is 4.43. The van der Waals surface area contributed by atoms with E-state index in [1.54, 1.807) is 0 Å². The van der Waals surface area contributed by atoms with Crippen LogP contribution in [0, 0.1) is 0 Å². The first kappa shape index (κ1) is 14.1. The molecule has 0 saturated heterocycles. The smallest absolute Gasteiger partial charge is 0.133 e. The van der Waals surface area contributed by atoms with Gasteiger partial charge >= 0.3 is 0 Å².